The fourth-order valence-electron chi connectivity index (χ4n) is 1.53. The van der Waals surface area contributed by atoms with Gasteiger partial charge < -0.3 is 10.5 Å². The van der Waals surface area contributed by atoms with Gasteiger partial charge in [0.15, 0.2) is 0 Å². The van der Waals surface area contributed by atoms with E-state index in [1.807, 2.05) is 6.07 Å². The van der Waals surface area contributed by atoms with E-state index >= 15 is 0 Å². The van der Waals surface area contributed by atoms with Crippen molar-refractivity contribution in [2.24, 2.45) is 0 Å². The number of fused-ring (bicyclic) bond motifs is 1. The third-order valence-electron chi connectivity index (χ3n) is 2.31. The summed E-state index contributed by atoms with van der Waals surface area (Å²) < 4.78 is 5.17. The second-order valence-corrected chi connectivity index (χ2v) is 3.58. The molecule has 0 amide bonds. The summed E-state index contributed by atoms with van der Waals surface area (Å²) in [5.74, 6) is 0.557. The molecule has 1 aromatic heterocycles. The van der Waals surface area contributed by atoms with Gasteiger partial charge in [-0.25, -0.2) is 0 Å². The fourth-order valence-corrected chi connectivity index (χ4v) is 1.73. The van der Waals surface area contributed by atoms with Crippen molar-refractivity contribution in [3.63, 3.8) is 0 Å². The van der Waals surface area contributed by atoms with Gasteiger partial charge in [-0.05, 0) is 12.1 Å². The SMILES string of the molecule is COc1ccc(Cl)c2ncc(C#N)c(N)c12. The number of nitrogens with zero attached hydrogens (tertiary/aromatic N) is 2. The van der Waals surface area contributed by atoms with Gasteiger partial charge in [-0.3, -0.25) is 4.98 Å². The van der Waals surface area contributed by atoms with Crippen LogP contribution >= 0.6 is 11.6 Å². The molecule has 0 saturated heterocycles. The van der Waals surface area contributed by atoms with Crippen molar-refractivity contribution >= 4 is 28.2 Å². The highest BCUT2D eigenvalue weighted by Crippen LogP contribution is 2.35. The molecular weight excluding hydrogens is 226 g/mol. The highest BCUT2D eigenvalue weighted by Gasteiger charge is 2.12. The summed E-state index contributed by atoms with van der Waals surface area (Å²) in [6, 6.07) is 5.35. The Morgan fingerprint density at radius 1 is 1.50 bits per heavy atom. The molecule has 80 valence electrons. The Bertz CT molecular complexity index is 604. The summed E-state index contributed by atoms with van der Waals surface area (Å²) in [4.78, 5) is 4.11. The molecule has 16 heavy (non-hydrogen) atoms. The van der Waals surface area contributed by atoms with E-state index in [-0.39, 0.29) is 0 Å². The molecule has 0 saturated carbocycles. The molecule has 0 radical (unpaired) electrons. The van der Waals surface area contributed by atoms with Crippen molar-refractivity contribution in [3.05, 3.63) is 28.9 Å². The number of aromatic nitrogens is 1. The molecule has 2 rings (SSSR count). The van der Waals surface area contributed by atoms with Crippen LogP contribution in [0.2, 0.25) is 5.02 Å². The van der Waals surface area contributed by atoms with Gasteiger partial charge in [0, 0.05) is 6.20 Å². The van der Waals surface area contributed by atoms with Crippen LogP contribution in [0.4, 0.5) is 5.69 Å². The van der Waals surface area contributed by atoms with E-state index in [0.29, 0.717) is 32.9 Å². The van der Waals surface area contributed by atoms with Crippen LogP contribution in [0.5, 0.6) is 5.75 Å². The minimum absolute atomic E-state index is 0.313. The largest absolute Gasteiger partial charge is 0.496 e. The fraction of sp³-hybridized carbons (Fsp3) is 0.0909. The maximum Gasteiger partial charge on any atom is 0.130 e. The molecular formula is C11H8ClN3O. The first-order chi connectivity index (χ1) is 7.69. The maximum absolute atomic E-state index is 8.87. The number of nitrogen functional groups attached to an aromatic ring is 1. The van der Waals surface area contributed by atoms with Gasteiger partial charge in [0.05, 0.1) is 34.3 Å². The zero-order valence-corrected chi connectivity index (χ0v) is 9.25. The molecule has 0 atom stereocenters. The summed E-state index contributed by atoms with van der Waals surface area (Å²) in [5.41, 5.74) is 7.07. The number of nitriles is 1. The van der Waals surface area contributed by atoms with E-state index in [1.54, 1.807) is 12.1 Å². The quantitative estimate of drug-likeness (QED) is 0.821. The molecule has 0 unspecified atom stereocenters. The third-order valence-corrected chi connectivity index (χ3v) is 2.62. The van der Waals surface area contributed by atoms with Crippen LogP contribution in [0.25, 0.3) is 10.9 Å². The molecule has 0 aliphatic heterocycles. The van der Waals surface area contributed by atoms with Gasteiger partial charge in [-0.1, -0.05) is 11.6 Å². The van der Waals surface area contributed by atoms with Crippen LogP contribution in [0.3, 0.4) is 0 Å². The zero-order valence-electron chi connectivity index (χ0n) is 8.49. The number of pyridine rings is 1. The van der Waals surface area contributed by atoms with Crippen LogP contribution in [-0.4, -0.2) is 12.1 Å². The van der Waals surface area contributed by atoms with Crippen molar-refractivity contribution < 1.29 is 4.74 Å². The molecule has 0 bridgehead atoms. The molecule has 0 aliphatic carbocycles. The van der Waals surface area contributed by atoms with Crippen molar-refractivity contribution in [2.75, 3.05) is 12.8 Å². The van der Waals surface area contributed by atoms with Crippen LogP contribution in [0, 0.1) is 11.3 Å². The summed E-state index contributed by atoms with van der Waals surface area (Å²) in [6.07, 6.45) is 1.41. The van der Waals surface area contributed by atoms with Crippen molar-refractivity contribution in [3.8, 4) is 11.8 Å². The van der Waals surface area contributed by atoms with E-state index in [0.717, 1.165) is 0 Å². The summed E-state index contributed by atoms with van der Waals surface area (Å²) >= 11 is 6.00. The Morgan fingerprint density at radius 2 is 2.25 bits per heavy atom. The molecule has 2 N–H and O–H groups in total. The first kappa shape index (κ1) is 10.5. The molecule has 2 aromatic rings. The summed E-state index contributed by atoms with van der Waals surface area (Å²) in [6.45, 7) is 0. The van der Waals surface area contributed by atoms with E-state index in [2.05, 4.69) is 4.98 Å². The average molecular weight is 234 g/mol. The first-order valence-corrected chi connectivity index (χ1v) is 4.87. The number of nitrogens with two attached hydrogens (primary N) is 1. The lowest BCUT2D eigenvalue weighted by molar-refractivity contribution is 0.420. The Hall–Kier alpha value is -1.99. The van der Waals surface area contributed by atoms with Crippen molar-refractivity contribution in [1.82, 2.24) is 4.98 Å². The number of methoxy groups -OCH3 is 1. The monoisotopic (exact) mass is 233 g/mol. The maximum atomic E-state index is 8.87. The molecule has 0 spiro atoms. The van der Waals surface area contributed by atoms with E-state index in [9.17, 15) is 0 Å². The number of halogens is 1. The van der Waals surface area contributed by atoms with Gasteiger partial charge in [-0.2, -0.15) is 5.26 Å². The second kappa shape index (κ2) is 3.87. The smallest absolute Gasteiger partial charge is 0.130 e. The minimum atomic E-state index is 0.313. The second-order valence-electron chi connectivity index (χ2n) is 3.17. The van der Waals surface area contributed by atoms with Gasteiger partial charge in [-0.15, -0.1) is 0 Å². The standard InChI is InChI=1S/C11H8ClN3O/c1-16-8-3-2-7(12)11-9(8)10(14)6(4-13)5-15-11/h2-3,5H,1H3,(H2,14,15). The van der Waals surface area contributed by atoms with Crippen LogP contribution in [0.1, 0.15) is 5.56 Å². The van der Waals surface area contributed by atoms with E-state index in [4.69, 9.17) is 27.3 Å². The molecule has 0 aliphatic rings. The van der Waals surface area contributed by atoms with Crippen LogP contribution in [0.15, 0.2) is 18.3 Å². The highest BCUT2D eigenvalue weighted by atomic mass is 35.5. The lowest BCUT2D eigenvalue weighted by atomic mass is 10.1. The zero-order chi connectivity index (χ0) is 11.7. The topological polar surface area (TPSA) is 71.9 Å². The summed E-state index contributed by atoms with van der Waals surface area (Å²) in [7, 11) is 1.53. The lowest BCUT2D eigenvalue weighted by Crippen LogP contribution is -1.97. The van der Waals surface area contributed by atoms with Gasteiger partial charge in [0.25, 0.3) is 0 Å². The Kier molecular flexibility index (Phi) is 2.55. The average Bonchev–Trinajstić information content (AvgIpc) is 2.31. The third kappa shape index (κ3) is 1.42. The van der Waals surface area contributed by atoms with Gasteiger partial charge in [0.1, 0.15) is 11.8 Å². The molecule has 0 fully saturated rings. The van der Waals surface area contributed by atoms with Crippen molar-refractivity contribution in [2.45, 2.75) is 0 Å². The minimum Gasteiger partial charge on any atom is -0.496 e. The number of anilines is 1. The highest BCUT2D eigenvalue weighted by molar-refractivity contribution is 6.35. The number of benzene rings is 1. The number of hydrogen-bond acceptors (Lipinski definition) is 4. The van der Waals surface area contributed by atoms with Gasteiger partial charge >= 0.3 is 0 Å². The Morgan fingerprint density at radius 3 is 2.88 bits per heavy atom. The molecule has 1 heterocycles. The Labute approximate surface area is 97.2 Å². The molecule has 1 aromatic carbocycles. The number of ether oxygens (including phenoxy) is 1. The normalized spacial score (nSPS) is 10.1. The first-order valence-electron chi connectivity index (χ1n) is 4.49. The molecule has 4 nitrogen and oxygen atoms in total. The Balaban J connectivity index is 2.96. The van der Waals surface area contributed by atoms with E-state index < -0.39 is 0 Å². The predicted molar refractivity (Wildman–Crippen MR) is 62.4 cm³/mol. The number of rotatable bonds is 1. The summed E-state index contributed by atoms with van der Waals surface area (Å²) in [5, 5.41) is 9.92. The predicted octanol–water partition coefficient (Wildman–Crippen LogP) is 2.35. The lowest BCUT2D eigenvalue weighted by Gasteiger charge is -2.09. The number of hydrogen-bond donors (Lipinski definition) is 1. The van der Waals surface area contributed by atoms with Crippen molar-refractivity contribution in [1.29, 1.82) is 5.26 Å². The van der Waals surface area contributed by atoms with Crippen LogP contribution in [-0.2, 0) is 0 Å². The van der Waals surface area contributed by atoms with E-state index in [1.165, 1.54) is 13.3 Å². The van der Waals surface area contributed by atoms with Gasteiger partial charge in [0.2, 0.25) is 0 Å². The molecule has 5 heteroatoms. The van der Waals surface area contributed by atoms with Crippen LogP contribution < -0.4 is 10.5 Å².